The molecule has 0 aliphatic heterocycles. The molecule has 2 rings (SSSR count). The van der Waals surface area contributed by atoms with Gasteiger partial charge in [-0.05, 0) is 42.4 Å². The normalized spacial score (nSPS) is 16.3. The summed E-state index contributed by atoms with van der Waals surface area (Å²) in [4.78, 5) is 0. The zero-order valence-corrected chi connectivity index (χ0v) is 8.26. The van der Waals surface area contributed by atoms with E-state index >= 15 is 0 Å². The lowest BCUT2D eigenvalue weighted by molar-refractivity contribution is 0.149. The van der Waals surface area contributed by atoms with E-state index in [1.807, 2.05) is 19.1 Å². The van der Waals surface area contributed by atoms with Crippen LogP contribution in [0, 0.1) is 6.92 Å². The SMILES string of the molecule is Cc1ccc(C2CC2)cc1CC(F)F. The Morgan fingerprint density at radius 1 is 1.36 bits per heavy atom. The van der Waals surface area contributed by atoms with E-state index in [0.717, 1.165) is 11.1 Å². The zero-order chi connectivity index (χ0) is 10.1. The van der Waals surface area contributed by atoms with E-state index in [1.165, 1.54) is 18.4 Å². The van der Waals surface area contributed by atoms with Crippen LogP contribution in [-0.4, -0.2) is 6.43 Å². The Bertz CT molecular complexity index is 327. The second kappa shape index (κ2) is 3.68. The molecule has 1 aliphatic rings. The van der Waals surface area contributed by atoms with Crippen molar-refractivity contribution >= 4 is 0 Å². The lowest BCUT2D eigenvalue weighted by Crippen LogP contribution is -2.00. The monoisotopic (exact) mass is 196 g/mol. The molecule has 14 heavy (non-hydrogen) atoms. The smallest absolute Gasteiger partial charge is 0.210 e. The maximum Gasteiger partial charge on any atom is 0.242 e. The van der Waals surface area contributed by atoms with Gasteiger partial charge in [0, 0.05) is 6.42 Å². The van der Waals surface area contributed by atoms with Crippen LogP contribution in [0.4, 0.5) is 8.78 Å². The van der Waals surface area contributed by atoms with E-state index in [4.69, 9.17) is 0 Å². The van der Waals surface area contributed by atoms with Crippen molar-refractivity contribution in [3.63, 3.8) is 0 Å². The third-order valence-corrected chi connectivity index (χ3v) is 2.80. The Labute approximate surface area is 82.9 Å². The van der Waals surface area contributed by atoms with Crippen LogP contribution in [0.2, 0.25) is 0 Å². The third-order valence-electron chi connectivity index (χ3n) is 2.80. The number of alkyl halides is 2. The minimum absolute atomic E-state index is 0.105. The Kier molecular flexibility index (Phi) is 2.53. The fourth-order valence-corrected chi connectivity index (χ4v) is 1.75. The third kappa shape index (κ3) is 2.11. The van der Waals surface area contributed by atoms with Crippen LogP contribution in [0.1, 0.15) is 35.4 Å². The average molecular weight is 196 g/mol. The maximum absolute atomic E-state index is 12.2. The molecule has 1 aliphatic carbocycles. The van der Waals surface area contributed by atoms with Crippen molar-refractivity contribution in [1.29, 1.82) is 0 Å². The van der Waals surface area contributed by atoms with E-state index in [0.29, 0.717) is 5.92 Å². The summed E-state index contributed by atoms with van der Waals surface area (Å²) in [6.45, 7) is 1.90. The summed E-state index contributed by atoms with van der Waals surface area (Å²) in [5.41, 5.74) is 3.03. The molecule has 76 valence electrons. The van der Waals surface area contributed by atoms with Gasteiger partial charge >= 0.3 is 0 Å². The molecule has 0 nitrogen and oxygen atoms in total. The van der Waals surface area contributed by atoms with Crippen LogP contribution in [-0.2, 0) is 6.42 Å². The highest BCUT2D eigenvalue weighted by molar-refractivity contribution is 5.35. The number of aryl methyl sites for hydroxylation is 1. The minimum atomic E-state index is -2.23. The standard InChI is InChI=1S/C12H14F2/c1-8-2-3-10(9-4-5-9)6-11(8)7-12(13)14/h2-3,6,9,12H,4-5,7H2,1H3. The first kappa shape index (κ1) is 9.63. The first-order chi connectivity index (χ1) is 6.66. The first-order valence-corrected chi connectivity index (χ1v) is 5.04. The van der Waals surface area contributed by atoms with Gasteiger partial charge in [-0.15, -0.1) is 0 Å². The van der Waals surface area contributed by atoms with Crippen LogP contribution in [0.15, 0.2) is 18.2 Å². The van der Waals surface area contributed by atoms with Gasteiger partial charge in [0.2, 0.25) is 6.43 Å². The number of hydrogen-bond acceptors (Lipinski definition) is 0. The van der Waals surface area contributed by atoms with Gasteiger partial charge in [-0.25, -0.2) is 8.78 Å². The van der Waals surface area contributed by atoms with Gasteiger partial charge in [-0.2, -0.15) is 0 Å². The molecule has 0 unspecified atom stereocenters. The molecular weight excluding hydrogens is 182 g/mol. The Morgan fingerprint density at radius 3 is 2.64 bits per heavy atom. The van der Waals surface area contributed by atoms with Crippen LogP contribution in [0.5, 0.6) is 0 Å². The van der Waals surface area contributed by atoms with Gasteiger partial charge in [0.05, 0.1) is 0 Å². The molecule has 0 heterocycles. The predicted octanol–water partition coefficient (Wildman–Crippen LogP) is 3.68. The van der Waals surface area contributed by atoms with Crippen molar-refractivity contribution in [2.75, 3.05) is 0 Å². The molecule has 0 bridgehead atoms. The summed E-state index contributed by atoms with van der Waals surface area (Å²) in [7, 11) is 0. The molecular formula is C12H14F2. The second-order valence-corrected chi connectivity index (χ2v) is 4.06. The fraction of sp³-hybridized carbons (Fsp3) is 0.500. The highest BCUT2D eigenvalue weighted by Gasteiger charge is 2.23. The van der Waals surface area contributed by atoms with E-state index < -0.39 is 6.43 Å². The number of benzene rings is 1. The zero-order valence-electron chi connectivity index (χ0n) is 8.26. The molecule has 0 N–H and O–H groups in total. The van der Waals surface area contributed by atoms with E-state index in [1.54, 1.807) is 0 Å². The van der Waals surface area contributed by atoms with Gasteiger partial charge < -0.3 is 0 Å². The van der Waals surface area contributed by atoms with Crippen molar-refractivity contribution in [3.05, 3.63) is 34.9 Å². The molecule has 1 aromatic rings. The van der Waals surface area contributed by atoms with Gasteiger partial charge in [-0.1, -0.05) is 18.2 Å². The molecule has 0 spiro atoms. The number of hydrogen-bond donors (Lipinski definition) is 0. The van der Waals surface area contributed by atoms with E-state index in [-0.39, 0.29) is 6.42 Å². The number of halogens is 2. The average Bonchev–Trinajstić information content (AvgIpc) is 2.91. The molecule has 0 amide bonds. The lowest BCUT2D eigenvalue weighted by atomic mass is 10.0. The molecule has 2 heteroatoms. The first-order valence-electron chi connectivity index (χ1n) is 5.04. The Hall–Kier alpha value is -0.920. The summed E-state index contributed by atoms with van der Waals surface area (Å²) in [6.07, 6.45) is 0.101. The van der Waals surface area contributed by atoms with Crippen molar-refractivity contribution in [1.82, 2.24) is 0 Å². The van der Waals surface area contributed by atoms with E-state index in [2.05, 4.69) is 6.07 Å². The summed E-state index contributed by atoms with van der Waals surface area (Å²) < 4.78 is 24.5. The maximum atomic E-state index is 12.2. The van der Waals surface area contributed by atoms with Gasteiger partial charge in [0.15, 0.2) is 0 Å². The molecule has 1 saturated carbocycles. The molecule has 0 atom stereocenters. The second-order valence-electron chi connectivity index (χ2n) is 4.06. The highest BCUT2D eigenvalue weighted by Crippen LogP contribution is 2.40. The molecule has 0 radical (unpaired) electrons. The van der Waals surface area contributed by atoms with Crippen LogP contribution in [0.3, 0.4) is 0 Å². The minimum Gasteiger partial charge on any atom is -0.210 e. The topological polar surface area (TPSA) is 0 Å². The van der Waals surface area contributed by atoms with Crippen molar-refractivity contribution in [2.24, 2.45) is 0 Å². The van der Waals surface area contributed by atoms with Crippen LogP contribution < -0.4 is 0 Å². The van der Waals surface area contributed by atoms with Crippen LogP contribution in [0.25, 0.3) is 0 Å². The summed E-state index contributed by atoms with van der Waals surface area (Å²) in [6, 6.07) is 5.99. The van der Waals surface area contributed by atoms with Crippen molar-refractivity contribution in [3.8, 4) is 0 Å². The quantitative estimate of drug-likeness (QED) is 0.691. The van der Waals surface area contributed by atoms with Crippen LogP contribution >= 0.6 is 0 Å². The van der Waals surface area contributed by atoms with Crippen molar-refractivity contribution in [2.45, 2.75) is 38.5 Å². The molecule has 1 aromatic carbocycles. The summed E-state index contributed by atoms with van der Waals surface area (Å²) >= 11 is 0. The Balaban J connectivity index is 2.22. The van der Waals surface area contributed by atoms with Gasteiger partial charge in [0.25, 0.3) is 0 Å². The molecule has 0 aromatic heterocycles. The van der Waals surface area contributed by atoms with Gasteiger partial charge in [-0.3, -0.25) is 0 Å². The molecule has 0 saturated heterocycles. The van der Waals surface area contributed by atoms with E-state index in [9.17, 15) is 8.78 Å². The predicted molar refractivity (Wildman–Crippen MR) is 52.9 cm³/mol. The summed E-state index contributed by atoms with van der Waals surface area (Å²) in [5, 5.41) is 0. The molecule has 1 fully saturated rings. The highest BCUT2D eigenvalue weighted by atomic mass is 19.3. The van der Waals surface area contributed by atoms with Crippen molar-refractivity contribution < 1.29 is 8.78 Å². The summed E-state index contributed by atoms with van der Waals surface area (Å²) in [5.74, 6) is 0.645. The largest absolute Gasteiger partial charge is 0.242 e. The number of rotatable bonds is 3. The van der Waals surface area contributed by atoms with Gasteiger partial charge in [0.1, 0.15) is 0 Å². The fourth-order valence-electron chi connectivity index (χ4n) is 1.75. The lowest BCUT2D eigenvalue weighted by Gasteiger charge is -2.07. The Morgan fingerprint density at radius 2 is 2.07 bits per heavy atom.